The summed E-state index contributed by atoms with van der Waals surface area (Å²) < 4.78 is 0. The normalized spacial score (nSPS) is 12.5. The summed E-state index contributed by atoms with van der Waals surface area (Å²) in [6, 6.07) is 8.35. The molecule has 1 N–H and O–H groups in total. The lowest BCUT2D eigenvalue weighted by Gasteiger charge is -2.11. The lowest BCUT2D eigenvalue weighted by Crippen LogP contribution is -1.94. The van der Waals surface area contributed by atoms with Crippen molar-refractivity contribution in [1.82, 2.24) is 5.32 Å². The quantitative estimate of drug-likeness (QED) is 0.764. The SMILES string of the molecule is C=C(/C(C)=C(C)\C=C/NC)c1ccccc1C. The Balaban J connectivity index is 3.06. The molecule has 0 saturated heterocycles. The van der Waals surface area contributed by atoms with Gasteiger partial charge >= 0.3 is 0 Å². The summed E-state index contributed by atoms with van der Waals surface area (Å²) in [7, 11) is 1.90. The molecule has 0 atom stereocenters. The van der Waals surface area contributed by atoms with Crippen LogP contribution < -0.4 is 5.32 Å². The zero-order valence-electron chi connectivity index (χ0n) is 11.2. The van der Waals surface area contributed by atoms with Gasteiger partial charge in [0.25, 0.3) is 0 Å². The summed E-state index contributed by atoms with van der Waals surface area (Å²) in [6.45, 7) is 10.5. The maximum atomic E-state index is 4.20. The Bertz CT molecular complexity index is 464. The van der Waals surface area contributed by atoms with E-state index in [1.54, 1.807) is 0 Å². The van der Waals surface area contributed by atoms with Gasteiger partial charge in [0, 0.05) is 7.05 Å². The lowest BCUT2D eigenvalue weighted by atomic mass is 9.94. The highest BCUT2D eigenvalue weighted by Crippen LogP contribution is 2.26. The van der Waals surface area contributed by atoms with Gasteiger partial charge in [0.1, 0.15) is 0 Å². The molecule has 0 aliphatic carbocycles. The van der Waals surface area contributed by atoms with E-state index >= 15 is 0 Å². The second kappa shape index (κ2) is 6.09. The number of benzene rings is 1. The number of nitrogens with one attached hydrogen (secondary N) is 1. The molecule has 0 amide bonds. The van der Waals surface area contributed by atoms with Crippen LogP contribution in [0.15, 0.2) is 54.3 Å². The lowest BCUT2D eigenvalue weighted by molar-refractivity contribution is 1.10. The van der Waals surface area contributed by atoms with Gasteiger partial charge in [-0.2, -0.15) is 0 Å². The molecule has 0 aromatic heterocycles. The first-order chi connectivity index (χ1) is 8.07. The minimum Gasteiger partial charge on any atom is -0.394 e. The number of hydrogen-bond donors (Lipinski definition) is 1. The molecule has 0 bridgehead atoms. The Morgan fingerprint density at radius 2 is 1.88 bits per heavy atom. The third-order valence-corrected chi connectivity index (χ3v) is 3.01. The zero-order chi connectivity index (χ0) is 12.8. The van der Waals surface area contributed by atoms with E-state index in [1.807, 2.05) is 13.2 Å². The third-order valence-electron chi connectivity index (χ3n) is 3.01. The molecule has 0 saturated carbocycles. The molecule has 0 spiro atoms. The van der Waals surface area contributed by atoms with Crippen LogP contribution in [0.1, 0.15) is 25.0 Å². The predicted molar refractivity (Wildman–Crippen MR) is 76.8 cm³/mol. The van der Waals surface area contributed by atoms with Crippen molar-refractivity contribution >= 4 is 5.57 Å². The van der Waals surface area contributed by atoms with Crippen LogP contribution in [0.3, 0.4) is 0 Å². The van der Waals surface area contributed by atoms with E-state index in [4.69, 9.17) is 0 Å². The highest BCUT2D eigenvalue weighted by molar-refractivity contribution is 5.79. The minimum atomic E-state index is 1.10. The molecular formula is C16H21N. The van der Waals surface area contributed by atoms with Crippen LogP contribution in [-0.4, -0.2) is 7.05 Å². The number of aryl methyl sites for hydroxylation is 1. The van der Waals surface area contributed by atoms with Crippen molar-refractivity contribution in [2.45, 2.75) is 20.8 Å². The Kier molecular flexibility index (Phi) is 4.77. The Labute approximate surface area is 105 Å². The summed E-state index contributed by atoms with van der Waals surface area (Å²) in [5.74, 6) is 0. The predicted octanol–water partition coefficient (Wildman–Crippen LogP) is 4.08. The maximum Gasteiger partial charge on any atom is 0.00277 e. The summed E-state index contributed by atoms with van der Waals surface area (Å²) in [5.41, 5.74) is 6.05. The Morgan fingerprint density at radius 3 is 2.47 bits per heavy atom. The molecular weight excluding hydrogens is 206 g/mol. The topological polar surface area (TPSA) is 12.0 Å². The Morgan fingerprint density at radius 1 is 1.24 bits per heavy atom. The summed E-state index contributed by atoms with van der Waals surface area (Å²) in [6.07, 6.45) is 4.00. The molecule has 0 unspecified atom stereocenters. The van der Waals surface area contributed by atoms with Crippen molar-refractivity contribution in [3.8, 4) is 0 Å². The van der Waals surface area contributed by atoms with Gasteiger partial charge in [-0.25, -0.2) is 0 Å². The monoisotopic (exact) mass is 227 g/mol. The van der Waals surface area contributed by atoms with Crippen LogP contribution in [0, 0.1) is 6.92 Å². The molecule has 1 nitrogen and oxygen atoms in total. The van der Waals surface area contributed by atoms with E-state index in [1.165, 1.54) is 22.3 Å². The number of allylic oxidation sites excluding steroid dienone is 4. The average molecular weight is 227 g/mol. The molecule has 1 aromatic carbocycles. The van der Waals surface area contributed by atoms with Crippen molar-refractivity contribution in [2.75, 3.05) is 7.05 Å². The van der Waals surface area contributed by atoms with Gasteiger partial charge in [0.05, 0.1) is 0 Å². The van der Waals surface area contributed by atoms with Crippen LogP contribution in [0.4, 0.5) is 0 Å². The zero-order valence-corrected chi connectivity index (χ0v) is 11.2. The van der Waals surface area contributed by atoms with Crippen molar-refractivity contribution in [2.24, 2.45) is 0 Å². The third kappa shape index (κ3) is 3.35. The molecule has 0 aliphatic rings. The van der Waals surface area contributed by atoms with Crippen LogP contribution >= 0.6 is 0 Å². The van der Waals surface area contributed by atoms with Gasteiger partial charge in [0.15, 0.2) is 0 Å². The molecule has 1 heteroatoms. The average Bonchev–Trinajstić information content (AvgIpc) is 2.34. The van der Waals surface area contributed by atoms with E-state index in [0.29, 0.717) is 0 Å². The highest BCUT2D eigenvalue weighted by Gasteiger charge is 2.05. The second-order valence-corrected chi connectivity index (χ2v) is 4.22. The summed E-state index contributed by atoms with van der Waals surface area (Å²) in [5, 5.41) is 3.00. The minimum absolute atomic E-state index is 1.10. The van der Waals surface area contributed by atoms with Crippen LogP contribution in [0.2, 0.25) is 0 Å². The molecule has 90 valence electrons. The smallest absolute Gasteiger partial charge is 0.00277 e. The van der Waals surface area contributed by atoms with Crippen molar-refractivity contribution < 1.29 is 0 Å². The van der Waals surface area contributed by atoms with Crippen LogP contribution in [-0.2, 0) is 0 Å². The van der Waals surface area contributed by atoms with Crippen LogP contribution in [0.25, 0.3) is 5.57 Å². The van der Waals surface area contributed by atoms with Gasteiger partial charge in [-0.1, -0.05) is 30.8 Å². The van der Waals surface area contributed by atoms with Gasteiger partial charge < -0.3 is 5.32 Å². The van der Waals surface area contributed by atoms with E-state index in [2.05, 4.69) is 63.0 Å². The molecule has 1 rings (SSSR count). The molecule has 0 heterocycles. The first kappa shape index (κ1) is 13.3. The van der Waals surface area contributed by atoms with Crippen LogP contribution in [0.5, 0.6) is 0 Å². The maximum absolute atomic E-state index is 4.20. The molecule has 1 aromatic rings. The van der Waals surface area contributed by atoms with Crippen molar-refractivity contribution in [1.29, 1.82) is 0 Å². The largest absolute Gasteiger partial charge is 0.394 e. The summed E-state index contributed by atoms with van der Waals surface area (Å²) in [4.78, 5) is 0. The molecule has 0 fully saturated rings. The number of hydrogen-bond acceptors (Lipinski definition) is 1. The first-order valence-electron chi connectivity index (χ1n) is 5.84. The van der Waals surface area contributed by atoms with Crippen molar-refractivity contribution in [3.63, 3.8) is 0 Å². The van der Waals surface area contributed by atoms with Crippen molar-refractivity contribution in [3.05, 3.63) is 65.4 Å². The Hall–Kier alpha value is -1.76. The van der Waals surface area contributed by atoms with E-state index in [-0.39, 0.29) is 0 Å². The fourth-order valence-electron chi connectivity index (χ4n) is 1.68. The van der Waals surface area contributed by atoms with Gasteiger partial charge in [-0.3, -0.25) is 0 Å². The molecule has 0 aliphatic heterocycles. The van der Waals surface area contributed by atoms with Gasteiger partial charge in [0.2, 0.25) is 0 Å². The molecule has 17 heavy (non-hydrogen) atoms. The fourth-order valence-corrected chi connectivity index (χ4v) is 1.68. The van der Waals surface area contributed by atoms with E-state index < -0.39 is 0 Å². The van der Waals surface area contributed by atoms with Gasteiger partial charge in [-0.05, 0) is 60.9 Å². The first-order valence-corrected chi connectivity index (χ1v) is 5.84. The fraction of sp³-hybridized carbons (Fsp3) is 0.250. The highest BCUT2D eigenvalue weighted by atomic mass is 14.8. The summed E-state index contributed by atoms with van der Waals surface area (Å²) >= 11 is 0. The standard InChI is InChI=1S/C16H21N/c1-12(10-11-17-5)14(3)15(4)16-9-7-6-8-13(16)2/h6-11,17H,4H2,1-3,5H3/b11-10-,14-12-. The van der Waals surface area contributed by atoms with E-state index in [0.717, 1.165) is 5.57 Å². The molecule has 0 radical (unpaired) electrons. The number of rotatable bonds is 4. The van der Waals surface area contributed by atoms with E-state index in [9.17, 15) is 0 Å². The van der Waals surface area contributed by atoms with Gasteiger partial charge in [-0.15, -0.1) is 0 Å². The second-order valence-electron chi connectivity index (χ2n) is 4.22.